The Morgan fingerprint density at radius 3 is 3.05 bits per heavy atom. The molecule has 0 atom stereocenters. The summed E-state index contributed by atoms with van der Waals surface area (Å²) in [6.07, 6.45) is 2.55. The molecule has 104 valence electrons. The fourth-order valence-electron chi connectivity index (χ4n) is 1.85. The van der Waals surface area contributed by atoms with Crippen molar-refractivity contribution < 1.29 is 5.11 Å². The van der Waals surface area contributed by atoms with Crippen molar-refractivity contribution in [3.63, 3.8) is 0 Å². The number of nitrogens with zero attached hydrogens (tertiary/aromatic N) is 4. The van der Waals surface area contributed by atoms with Crippen LogP contribution in [-0.2, 0) is 19.6 Å². The van der Waals surface area contributed by atoms with Crippen LogP contribution >= 0.6 is 0 Å². The summed E-state index contributed by atoms with van der Waals surface area (Å²) in [6.45, 7) is 2.13. The van der Waals surface area contributed by atoms with Gasteiger partial charge in [0.2, 0.25) is 0 Å². The quantitative estimate of drug-likeness (QED) is 0.778. The Hall–Kier alpha value is -2.23. The molecule has 20 heavy (non-hydrogen) atoms. The number of benzene rings is 1. The molecule has 1 aromatic heterocycles. The fraction of sp³-hybridized carbons (Fsp3) is 0.357. The summed E-state index contributed by atoms with van der Waals surface area (Å²) in [5, 5.41) is 28.9. The molecular formula is C14H17N5O. The van der Waals surface area contributed by atoms with Gasteiger partial charge < -0.3 is 10.4 Å². The number of aromatic nitrogens is 3. The Morgan fingerprint density at radius 2 is 2.25 bits per heavy atom. The van der Waals surface area contributed by atoms with E-state index < -0.39 is 0 Å². The third-order valence-electron chi connectivity index (χ3n) is 2.82. The zero-order valence-corrected chi connectivity index (χ0v) is 11.2. The van der Waals surface area contributed by atoms with Crippen molar-refractivity contribution in [2.24, 2.45) is 0 Å². The van der Waals surface area contributed by atoms with Crippen molar-refractivity contribution in [1.82, 2.24) is 20.3 Å². The predicted octanol–water partition coefficient (Wildman–Crippen LogP) is 0.822. The summed E-state index contributed by atoms with van der Waals surface area (Å²) in [7, 11) is 0. The van der Waals surface area contributed by atoms with E-state index in [1.165, 1.54) is 0 Å². The highest BCUT2D eigenvalue weighted by atomic mass is 16.3. The molecule has 2 N–H and O–H groups in total. The number of hydrogen-bond acceptors (Lipinski definition) is 5. The molecule has 0 fully saturated rings. The number of hydrogen-bond donors (Lipinski definition) is 2. The van der Waals surface area contributed by atoms with Gasteiger partial charge in [-0.3, -0.25) is 4.68 Å². The van der Waals surface area contributed by atoms with Crippen molar-refractivity contribution in [3.05, 3.63) is 47.3 Å². The van der Waals surface area contributed by atoms with E-state index in [1.807, 2.05) is 24.4 Å². The average Bonchev–Trinajstić information content (AvgIpc) is 2.93. The molecule has 2 aromatic rings. The molecule has 0 amide bonds. The molecule has 0 unspecified atom stereocenters. The van der Waals surface area contributed by atoms with Crippen LogP contribution in [0.5, 0.6) is 0 Å². The van der Waals surface area contributed by atoms with Crippen molar-refractivity contribution in [3.8, 4) is 6.07 Å². The van der Waals surface area contributed by atoms with Crippen LogP contribution in [0.3, 0.4) is 0 Å². The summed E-state index contributed by atoms with van der Waals surface area (Å²) in [5.74, 6) is 0. The molecule has 0 radical (unpaired) electrons. The molecule has 1 aromatic carbocycles. The lowest BCUT2D eigenvalue weighted by Gasteiger charge is -2.02. The van der Waals surface area contributed by atoms with E-state index in [4.69, 9.17) is 10.4 Å². The number of nitrogens with one attached hydrogen (secondary N) is 1. The van der Waals surface area contributed by atoms with Crippen LogP contribution in [0.15, 0.2) is 30.5 Å². The molecule has 0 saturated carbocycles. The second-order valence-corrected chi connectivity index (χ2v) is 4.47. The minimum Gasteiger partial charge on any atom is -0.396 e. The standard InChI is InChI=1S/C14H17N5O/c15-8-12-3-1-4-13(7-12)9-16-10-14-11-19(18-17-14)5-2-6-20/h1,3-4,7,11,16,20H,2,5-6,9-10H2. The van der Waals surface area contributed by atoms with Crippen molar-refractivity contribution in [2.45, 2.75) is 26.1 Å². The van der Waals surface area contributed by atoms with Gasteiger partial charge in [0.25, 0.3) is 0 Å². The maximum Gasteiger partial charge on any atom is 0.0991 e. The third-order valence-corrected chi connectivity index (χ3v) is 2.82. The second kappa shape index (κ2) is 7.38. The predicted molar refractivity (Wildman–Crippen MR) is 73.4 cm³/mol. The van der Waals surface area contributed by atoms with Gasteiger partial charge in [-0.2, -0.15) is 5.26 Å². The first-order valence-electron chi connectivity index (χ1n) is 6.51. The molecular weight excluding hydrogens is 254 g/mol. The SMILES string of the molecule is N#Cc1cccc(CNCc2cn(CCCO)nn2)c1. The van der Waals surface area contributed by atoms with E-state index in [0.29, 0.717) is 31.6 Å². The largest absolute Gasteiger partial charge is 0.396 e. The van der Waals surface area contributed by atoms with Crippen LogP contribution in [0.2, 0.25) is 0 Å². The van der Waals surface area contributed by atoms with Gasteiger partial charge in [0.15, 0.2) is 0 Å². The Labute approximate surface area is 117 Å². The minimum absolute atomic E-state index is 0.155. The molecule has 0 aliphatic heterocycles. The first-order valence-corrected chi connectivity index (χ1v) is 6.51. The molecule has 0 aliphatic carbocycles. The van der Waals surface area contributed by atoms with E-state index in [1.54, 1.807) is 10.7 Å². The van der Waals surface area contributed by atoms with Crippen LogP contribution < -0.4 is 5.32 Å². The van der Waals surface area contributed by atoms with E-state index in [-0.39, 0.29) is 6.61 Å². The molecule has 0 spiro atoms. The average molecular weight is 271 g/mol. The summed E-state index contributed by atoms with van der Waals surface area (Å²) < 4.78 is 1.73. The summed E-state index contributed by atoms with van der Waals surface area (Å²) in [6, 6.07) is 9.63. The maximum atomic E-state index is 8.83. The zero-order chi connectivity index (χ0) is 14.2. The molecule has 6 nitrogen and oxygen atoms in total. The lowest BCUT2D eigenvalue weighted by Crippen LogP contribution is -2.13. The van der Waals surface area contributed by atoms with Gasteiger partial charge in [-0.25, -0.2) is 0 Å². The topological polar surface area (TPSA) is 86.8 Å². The van der Waals surface area contributed by atoms with Gasteiger partial charge in [0.1, 0.15) is 0 Å². The van der Waals surface area contributed by atoms with Crippen molar-refractivity contribution in [2.75, 3.05) is 6.61 Å². The molecule has 6 heteroatoms. The van der Waals surface area contributed by atoms with Crippen LogP contribution in [0.4, 0.5) is 0 Å². The van der Waals surface area contributed by atoms with Crippen LogP contribution in [0.1, 0.15) is 23.2 Å². The lowest BCUT2D eigenvalue weighted by atomic mass is 10.1. The smallest absolute Gasteiger partial charge is 0.0991 e. The highest BCUT2D eigenvalue weighted by Gasteiger charge is 2.01. The normalized spacial score (nSPS) is 10.4. The molecule has 0 bridgehead atoms. The maximum absolute atomic E-state index is 8.83. The first kappa shape index (κ1) is 14.2. The molecule has 0 saturated heterocycles. The first-order chi connectivity index (χ1) is 9.81. The zero-order valence-electron chi connectivity index (χ0n) is 11.2. The monoisotopic (exact) mass is 271 g/mol. The summed E-state index contributed by atoms with van der Waals surface area (Å²) in [5.41, 5.74) is 2.59. The number of rotatable bonds is 7. The van der Waals surface area contributed by atoms with Gasteiger partial charge in [-0.15, -0.1) is 5.10 Å². The van der Waals surface area contributed by atoms with E-state index in [2.05, 4.69) is 21.7 Å². The Morgan fingerprint density at radius 1 is 1.35 bits per heavy atom. The summed E-state index contributed by atoms with van der Waals surface area (Å²) >= 11 is 0. The second-order valence-electron chi connectivity index (χ2n) is 4.47. The number of aryl methyl sites for hydroxylation is 1. The molecule has 2 rings (SSSR count). The molecule has 0 aliphatic rings. The molecule has 1 heterocycles. The minimum atomic E-state index is 0.155. The number of aliphatic hydroxyl groups excluding tert-OH is 1. The number of nitriles is 1. The fourth-order valence-corrected chi connectivity index (χ4v) is 1.85. The van der Waals surface area contributed by atoms with Crippen molar-refractivity contribution >= 4 is 0 Å². The van der Waals surface area contributed by atoms with Crippen LogP contribution in [0, 0.1) is 11.3 Å². The van der Waals surface area contributed by atoms with E-state index in [0.717, 1.165) is 11.3 Å². The summed E-state index contributed by atoms with van der Waals surface area (Å²) in [4.78, 5) is 0. The Bertz CT molecular complexity index is 587. The van der Waals surface area contributed by atoms with Gasteiger partial charge >= 0.3 is 0 Å². The van der Waals surface area contributed by atoms with Gasteiger partial charge in [-0.1, -0.05) is 17.3 Å². The highest BCUT2D eigenvalue weighted by molar-refractivity contribution is 5.32. The highest BCUT2D eigenvalue weighted by Crippen LogP contribution is 2.04. The van der Waals surface area contributed by atoms with Crippen molar-refractivity contribution in [1.29, 1.82) is 5.26 Å². The van der Waals surface area contributed by atoms with Gasteiger partial charge in [0, 0.05) is 32.4 Å². The van der Waals surface area contributed by atoms with E-state index >= 15 is 0 Å². The Kier molecular flexibility index (Phi) is 5.24. The number of aliphatic hydroxyl groups is 1. The van der Waals surface area contributed by atoms with E-state index in [9.17, 15) is 0 Å². The Balaban J connectivity index is 1.80. The van der Waals surface area contributed by atoms with Crippen LogP contribution in [0.25, 0.3) is 0 Å². The van der Waals surface area contributed by atoms with Gasteiger partial charge in [0.05, 0.1) is 17.3 Å². The van der Waals surface area contributed by atoms with Gasteiger partial charge in [-0.05, 0) is 24.1 Å². The third kappa shape index (κ3) is 4.16. The van der Waals surface area contributed by atoms with Crippen LogP contribution in [-0.4, -0.2) is 26.7 Å². The lowest BCUT2D eigenvalue weighted by molar-refractivity contribution is 0.276.